The molecule has 31 heavy (non-hydrogen) atoms. The van der Waals surface area contributed by atoms with Gasteiger partial charge in [-0.1, -0.05) is 11.8 Å². The van der Waals surface area contributed by atoms with E-state index in [1.54, 1.807) is 36.5 Å². The van der Waals surface area contributed by atoms with Crippen LogP contribution in [0.1, 0.15) is 16.1 Å². The minimum absolute atomic E-state index is 0.0286. The van der Waals surface area contributed by atoms with Gasteiger partial charge in [0, 0.05) is 35.7 Å². The first-order chi connectivity index (χ1) is 14.7. The van der Waals surface area contributed by atoms with E-state index in [1.807, 2.05) is 0 Å². The molecule has 0 atom stereocenters. The number of hydrogen-bond acceptors (Lipinski definition) is 5. The van der Waals surface area contributed by atoms with Crippen LogP contribution in [0.25, 0.3) is 5.52 Å². The van der Waals surface area contributed by atoms with Crippen LogP contribution in [-0.4, -0.2) is 46.5 Å². The Morgan fingerprint density at radius 3 is 2.87 bits per heavy atom. The summed E-state index contributed by atoms with van der Waals surface area (Å²) in [6, 6.07) is 8.22. The van der Waals surface area contributed by atoms with Crippen molar-refractivity contribution < 1.29 is 22.7 Å². The van der Waals surface area contributed by atoms with Crippen LogP contribution >= 0.6 is 27.7 Å². The second kappa shape index (κ2) is 9.64. The maximum absolute atomic E-state index is 13.1. The minimum atomic E-state index is -4.46. The number of aromatic nitrogens is 2. The molecule has 0 aliphatic heterocycles. The molecule has 6 nitrogen and oxygen atoms in total. The van der Waals surface area contributed by atoms with Gasteiger partial charge in [0.25, 0.3) is 5.91 Å². The monoisotopic (exact) mass is 512 g/mol. The highest BCUT2D eigenvalue weighted by atomic mass is 79.9. The lowest BCUT2D eigenvalue weighted by molar-refractivity contribution is -0.0329. The van der Waals surface area contributed by atoms with Crippen molar-refractivity contribution in [3.63, 3.8) is 0 Å². The Bertz CT molecular complexity index is 1170. The van der Waals surface area contributed by atoms with Gasteiger partial charge < -0.3 is 9.14 Å². The summed E-state index contributed by atoms with van der Waals surface area (Å²) >= 11 is 3.12. The van der Waals surface area contributed by atoms with Gasteiger partial charge in [0.15, 0.2) is 5.69 Å². The van der Waals surface area contributed by atoms with E-state index in [9.17, 15) is 18.0 Å². The highest BCUT2D eigenvalue weighted by Gasteiger charge is 2.32. The zero-order chi connectivity index (χ0) is 22.6. The molecule has 1 amide bonds. The number of hydrazine groups is 1. The molecule has 0 saturated carbocycles. The third kappa shape index (κ3) is 5.52. The molecular formula is C20H16BrF3N4O2S. The summed E-state index contributed by atoms with van der Waals surface area (Å²) in [6.07, 6.45) is 3.02. The van der Waals surface area contributed by atoms with Crippen molar-refractivity contribution >= 4 is 39.1 Å². The van der Waals surface area contributed by atoms with Crippen molar-refractivity contribution in [3.05, 3.63) is 58.5 Å². The molecule has 162 valence electrons. The largest absolute Gasteiger partial charge is 0.494 e. The fourth-order valence-corrected chi connectivity index (χ4v) is 3.84. The Morgan fingerprint density at radius 1 is 1.39 bits per heavy atom. The molecule has 0 bridgehead atoms. The van der Waals surface area contributed by atoms with E-state index in [0.717, 1.165) is 0 Å². The third-order valence-corrected chi connectivity index (χ3v) is 5.56. The predicted molar refractivity (Wildman–Crippen MR) is 115 cm³/mol. The third-order valence-electron chi connectivity index (χ3n) is 4.05. The average molecular weight is 513 g/mol. The van der Waals surface area contributed by atoms with Gasteiger partial charge >= 0.3 is 5.51 Å². The van der Waals surface area contributed by atoms with Gasteiger partial charge in [-0.2, -0.15) is 13.2 Å². The Balaban J connectivity index is 1.77. The SMILES string of the molecule is COc1cccnc1C(=O)N(C)NCC#Cc1cc2c(Br)cccn2c1SC(F)(F)F. The maximum atomic E-state index is 13.1. The zero-order valence-corrected chi connectivity index (χ0v) is 18.7. The van der Waals surface area contributed by atoms with Crippen molar-refractivity contribution in [1.29, 1.82) is 0 Å². The second-order valence-electron chi connectivity index (χ2n) is 6.08. The normalized spacial score (nSPS) is 11.2. The first-order valence-corrected chi connectivity index (χ1v) is 10.4. The van der Waals surface area contributed by atoms with Gasteiger partial charge in [0.1, 0.15) is 10.8 Å². The van der Waals surface area contributed by atoms with E-state index in [1.165, 1.54) is 29.8 Å². The molecule has 3 aromatic heterocycles. The van der Waals surface area contributed by atoms with Crippen LogP contribution < -0.4 is 10.2 Å². The molecule has 0 aliphatic rings. The Labute approximate surface area is 188 Å². The number of carbonyl (C=O) groups is 1. The van der Waals surface area contributed by atoms with Crippen molar-refractivity contribution in [1.82, 2.24) is 19.8 Å². The molecule has 1 N–H and O–H groups in total. The van der Waals surface area contributed by atoms with Gasteiger partial charge in [-0.15, -0.1) is 0 Å². The van der Waals surface area contributed by atoms with Crippen LogP contribution in [-0.2, 0) is 0 Å². The Morgan fingerprint density at radius 2 is 2.16 bits per heavy atom. The van der Waals surface area contributed by atoms with E-state index in [-0.39, 0.29) is 34.6 Å². The van der Waals surface area contributed by atoms with Crippen molar-refractivity contribution in [3.8, 4) is 17.6 Å². The fourth-order valence-electron chi connectivity index (χ4n) is 2.69. The Hall–Kier alpha value is -2.68. The van der Waals surface area contributed by atoms with Crippen LogP contribution in [0.4, 0.5) is 13.2 Å². The van der Waals surface area contributed by atoms with Crippen LogP contribution in [0, 0.1) is 11.8 Å². The smallest absolute Gasteiger partial charge is 0.447 e. The van der Waals surface area contributed by atoms with Crippen LogP contribution in [0.3, 0.4) is 0 Å². The number of nitrogens with zero attached hydrogens (tertiary/aromatic N) is 3. The predicted octanol–water partition coefficient (Wildman–Crippen LogP) is 4.35. The van der Waals surface area contributed by atoms with Crippen molar-refractivity contribution in [2.75, 3.05) is 20.7 Å². The Kier molecular flexibility index (Phi) is 7.15. The quantitative estimate of drug-likeness (QED) is 0.313. The lowest BCUT2D eigenvalue weighted by Gasteiger charge is -2.17. The molecule has 3 rings (SSSR count). The van der Waals surface area contributed by atoms with E-state index >= 15 is 0 Å². The zero-order valence-electron chi connectivity index (χ0n) is 16.3. The average Bonchev–Trinajstić information content (AvgIpc) is 3.07. The van der Waals surface area contributed by atoms with E-state index in [2.05, 4.69) is 38.2 Å². The summed E-state index contributed by atoms with van der Waals surface area (Å²) in [5.41, 5.74) is -0.745. The molecule has 0 saturated heterocycles. The van der Waals surface area contributed by atoms with Crippen LogP contribution in [0.15, 0.2) is 52.2 Å². The lowest BCUT2D eigenvalue weighted by atomic mass is 10.3. The topological polar surface area (TPSA) is 58.9 Å². The summed E-state index contributed by atoms with van der Waals surface area (Å²) in [5, 5.41) is 1.16. The molecule has 3 heterocycles. The molecule has 0 aliphatic carbocycles. The number of nitrogens with one attached hydrogen (secondary N) is 1. The summed E-state index contributed by atoms with van der Waals surface area (Å²) in [6.45, 7) is 0.0286. The number of rotatable bonds is 5. The number of thioether (sulfide) groups is 1. The number of hydrogen-bond donors (Lipinski definition) is 1. The van der Waals surface area contributed by atoms with Crippen molar-refractivity contribution in [2.24, 2.45) is 0 Å². The number of alkyl halides is 3. The minimum Gasteiger partial charge on any atom is -0.494 e. The van der Waals surface area contributed by atoms with Crippen LogP contribution in [0.2, 0.25) is 0 Å². The molecule has 0 fully saturated rings. The highest BCUT2D eigenvalue weighted by Crippen LogP contribution is 2.40. The lowest BCUT2D eigenvalue weighted by Crippen LogP contribution is -2.40. The molecule has 0 radical (unpaired) electrons. The fraction of sp³-hybridized carbons (Fsp3) is 0.200. The number of amides is 1. The van der Waals surface area contributed by atoms with Crippen LogP contribution in [0.5, 0.6) is 5.75 Å². The summed E-state index contributed by atoms with van der Waals surface area (Å²) in [5.74, 6) is 5.40. The van der Waals surface area contributed by atoms with Gasteiger partial charge in [-0.05, 0) is 46.3 Å². The molecule has 0 aromatic carbocycles. The standard InChI is InChI=1S/C20H16BrF3N4O2S/c1-27(18(29)17-16(30-2)8-4-9-25-17)26-10-3-6-13-12-15-14(21)7-5-11-28(15)19(13)31-20(22,23)24/h4-5,7-9,11-12,26H,10H2,1-2H3. The molecule has 3 aromatic rings. The molecule has 0 unspecified atom stereocenters. The number of carbonyl (C=O) groups excluding carboxylic acids is 1. The second-order valence-corrected chi connectivity index (χ2v) is 7.99. The highest BCUT2D eigenvalue weighted by molar-refractivity contribution is 9.10. The van der Waals surface area contributed by atoms with E-state index in [0.29, 0.717) is 15.7 Å². The van der Waals surface area contributed by atoms with E-state index < -0.39 is 11.4 Å². The number of pyridine rings is 2. The molecule has 11 heteroatoms. The molecular weight excluding hydrogens is 497 g/mol. The number of fused-ring (bicyclic) bond motifs is 1. The maximum Gasteiger partial charge on any atom is 0.447 e. The van der Waals surface area contributed by atoms with Crippen molar-refractivity contribution in [2.45, 2.75) is 10.5 Å². The summed E-state index contributed by atoms with van der Waals surface area (Å²) in [7, 11) is 2.93. The number of ether oxygens (including phenoxy) is 1. The van der Waals surface area contributed by atoms with Gasteiger partial charge in [-0.25, -0.2) is 10.4 Å². The number of methoxy groups -OCH3 is 1. The molecule has 0 spiro atoms. The first kappa shape index (κ1) is 23.0. The van der Waals surface area contributed by atoms with E-state index in [4.69, 9.17) is 4.74 Å². The van der Waals surface area contributed by atoms with Gasteiger partial charge in [0.2, 0.25) is 0 Å². The summed E-state index contributed by atoms with van der Waals surface area (Å²) in [4.78, 5) is 16.5. The first-order valence-electron chi connectivity index (χ1n) is 8.76. The van der Waals surface area contributed by atoms with Gasteiger partial charge in [0.05, 0.1) is 24.7 Å². The summed E-state index contributed by atoms with van der Waals surface area (Å²) < 4.78 is 46.4. The number of halogens is 4. The van der Waals surface area contributed by atoms with Gasteiger partial charge in [-0.3, -0.25) is 9.80 Å².